The minimum Gasteiger partial charge on any atom is -0.491 e. The van der Waals surface area contributed by atoms with Gasteiger partial charge in [0.25, 0.3) is 0 Å². The Bertz CT molecular complexity index is 383. The van der Waals surface area contributed by atoms with Crippen LogP contribution in [0, 0.1) is 11.7 Å². The van der Waals surface area contributed by atoms with Gasteiger partial charge in [0.2, 0.25) is 0 Å². The van der Waals surface area contributed by atoms with Crippen LogP contribution in [0.25, 0.3) is 0 Å². The second-order valence-electron chi connectivity index (χ2n) is 4.36. The highest BCUT2D eigenvalue weighted by atomic mass is 35.5. The molecular weight excluding hydrogens is 257 g/mol. The van der Waals surface area contributed by atoms with Crippen LogP contribution in [0.2, 0.25) is 5.02 Å². The number of ether oxygens (including phenoxy) is 2. The maximum atomic E-state index is 12.8. The van der Waals surface area contributed by atoms with E-state index >= 15 is 0 Å². The number of nitrogens with one attached hydrogen (secondary N) is 1. The highest BCUT2D eigenvalue weighted by Gasteiger charge is 2.14. The predicted molar refractivity (Wildman–Crippen MR) is 68.7 cm³/mol. The Morgan fingerprint density at radius 2 is 2.39 bits per heavy atom. The molecule has 1 atom stereocenters. The summed E-state index contributed by atoms with van der Waals surface area (Å²) < 4.78 is 23.5. The Morgan fingerprint density at radius 1 is 1.50 bits per heavy atom. The molecule has 1 heterocycles. The summed E-state index contributed by atoms with van der Waals surface area (Å²) in [5, 5.41) is 3.61. The van der Waals surface area contributed by atoms with Crippen LogP contribution >= 0.6 is 11.6 Å². The summed E-state index contributed by atoms with van der Waals surface area (Å²) in [7, 11) is 0. The van der Waals surface area contributed by atoms with Gasteiger partial charge in [-0.05, 0) is 30.5 Å². The van der Waals surface area contributed by atoms with Crippen molar-refractivity contribution < 1.29 is 13.9 Å². The number of rotatable bonds is 6. The van der Waals surface area contributed by atoms with Crippen molar-refractivity contribution in [3.05, 3.63) is 29.0 Å². The van der Waals surface area contributed by atoms with Crippen molar-refractivity contribution in [1.29, 1.82) is 0 Å². The smallest absolute Gasteiger partial charge is 0.138 e. The lowest BCUT2D eigenvalue weighted by Gasteiger charge is -2.11. The van der Waals surface area contributed by atoms with Crippen molar-refractivity contribution in [2.45, 2.75) is 6.42 Å². The Hall–Kier alpha value is -0.840. The molecule has 0 aliphatic carbocycles. The molecule has 2 rings (SSSR count). The van der Waals surface area contributed by atoms with Crippen LogP contribution in [0.4, 0.5) is 4.39 Å². The van der Waals surface area contributed by atoms with Crippen LogP contribution in [0.1, 0.15) is 6.42 Å². The molecule has 1 aromatic rings. The van der Waals surface area contributed by atoms with Gasteiger partial charge in [0, 0.05) is 19.7 Å². The summed E-state index contributed by atoms with van der Waals surface area (Å²) in [6, 6.07) is 4.13. The van der Waals surface area contributed by atoms with Crippen LogP contribution in [-0.4, -0.2) is 32.9 Å². The van der Waals surface area contributed by atoms with E-state index in [1.165, 1.54) is 12.1 Å². The molecule has 1 unspecified atom stereocenters. The first kappa shape index (κ1) is 13.6. The predicted octanol–water partition coefficient (Wildman–Crippen LogP) is 2.48. The van der Waals surface area contributed by atoms with Gasteiger partial charge >= 0.3 is 0 Å². The van der Waals surface area contributed by atoms with Crippen molar-refractivity contribution in [3.63, 3.8) is 0 Å². The van der Waals surface area contributed by atoms with E-state index in [1.54, 1.807) is 6.07 Å². The van der Waals surface area contributed by atoms with Crippen molar-refractivity contribution in [1.82, 2.24) is 5.32 Å². The molecule has 1 aliphatic rings. The van der Waals surface area contributed by atoms with E-state index in [0.29, 0.717) is 23.3 Å². The Kier molecular flexibility index (Phi) is 5.23. The third-order valence-electron chi connectivity index (χ3n) is 2.89. The van der Waals surface area contributed by atoms with E-state index in [9.17, 15) is 4.39 Å². The van der Waals surface area contributed by atoms with Crippen molar-refractivity contribution >= 4 is 11.6 Å². The summed E-state index contributed by atoms with van der Waals surface area (Å²) in [5.74, 6) is 0.773. The molecule has 1 aliphatic heterocycles. The summed E-state index contributed by atoms with van der Waals surface area (Å²) in [6.45, 7) is 3.91. The van der Waals surface area contributed by atoms with Crippen LogP contribution in [0.15, 0.2) is 18.2 Å². The van der Waals surface area contributed by atoms with Crippen molar-refractivity contribution in [3.8, 4) is 5.75 Å². The zero-order chi connectivity index (χ0) is 12.8. The lowest BCUT2D eigenvalue weighted by atomic mass is 10.1. The van der Waals surface area contributed by atoms with Gasteiger partial charge in [-0.25, -0.2) is 4.39 Å². The molecule has 3 nitrogen and oxygen atoms in total. The minimum absolute atomic E-state index is 0.305. The summed E-state index contributed by atoms with van der Waals surface area (Å²) in [4.78, 5) is 0. The Morgan fingerprint density at radius 3 is 3.11 bits per heavy atom. The van der Waals surface area contributed by atoms with Crippen LogP contribution in [0.3, 0.4) is 0 Å². The van der Waals surface area contributed by atoms with Gasteiger partial charge in [-0.2, -0.15) is 0 Å². The topological polar surface area (TPSA) is 30.5 Å². The molecule has 0 saturated carbocycles. The molecule has 5 heteroatoms. The fourth-order valence-electron chi connectivity index (χ4n) is 1.88. The van der Waals surface area contributed by atoms with Crippen LogP contribution < -0.4 is 10.1 Å². The second kappa shape index (κ2) is 6.92. The fraction of sp³-hybridized carbons (Fsp3) is 0.538. The van der Waals surface area contributed by atoms with Gasteiger partial charge in [-0.15, -0.1) is 0 Å². The van der Waals surface area contributed by atoms with E-state index in [2.05, 4.69) is 5.32 Å². The first-order chi connectivity index (χ1) is 8.75. The molecule has 18 heavy (non-hydrogen) atoms. The van der Waals surface area contributed by atoms with Gasteiger partial charge in [0.05, 0.1) is 11.6 Å². The number of halogens is 2. The molecule has 1 N–H and O–H groups in total. The monoisotopic (exact) mass is 273 g/mol. The number of hydrogen-bond acceptors (Lipinski definition) is 3. The summed E-state index contributed by atoms with van der Waals surface area (Å²) in [5.41, 5.74) is 0. The first-order valence-corrected chi connectivity index (χ1v) is 6.50. The van der Waals surface area contributed by atoms with Crippen LogP contribution in [-0.2, 0) is 4.74 Å². The zero-order valence-corrected chi connectivity index (χ0v) is 10.9. The molecular formula is C13H17ClFNO2. The van der Waals surface area contributed by atoms with E-state index in [4.69, 9.17) is 21.1 Å². The van der Waals surface area contributed by atoms with Gasteiger partial charge in [0.15, 0.2) is 0 Å². The molecule has 1 saturated heterocycles. The van der Waals surface area contributed by atoms with Gasteiger partial charge in [-0.1, -0.05) is 11.6 Å². The number of hydrogen-bond donors (Lipinski definition) is 1. The normalized spacial score (nSPS) is 19.1. The zero-order valence-electron chi connectivity index (χ0n) is 10.1. The lowest BCUT2D eigenvalue weighted by molar-refractivity contribution is 0.185. The standard InChI is InChI=1S/C13H17ClFNO2/c14-12-7-11(15)1-2-13(12)18-6-4-16-8-10-3-5-17-9-10/h1-2,7,10,16H,3-6,8-9H2. The average Bonchev–Trinajstić information content (AvgIpc) is 2.84. The average molecular weight is 274 g/mol. The fourth-order valence-corrected chi connectivity index (χ4v) is 2.10. The molecule has 0 aromatic heterocycles. The molecule has 1 aromatic carbocycles. The van der Waals surface area contributed by atoms with E-state index in [-0.39, 0.29) is 5.82 Å². The molecule has 1 fully saturated rings. The Balaban J connectivity index is 1.62. The third kappa shape index (κ3) is 4.12. The molecule has 0 amide bonds. The maximum Gasteiger partial charge on any atom is 0.138 e. The largest absolute Gasteiger partial charge is 0.491 e. The number of benzene rings is 1. The summed E-state index contributed by atoms with van der Waals surface area (Å²) >= 11 is 5.84. The molecule has 0 spiro atoms. The highest BCUT2D eigenvalue weighted by molar-refractivity contribution is 6.32. The Labute approximate surface area is 111 Å². The van der Waals surface area contributed by atoms with E-state index in [1.807, 2.05) is 0 Å². The van der Waals surface area contributed by atoms with Crippen LogP contribution in [0.5, 0.6) is 5.75 Å². The molecule has 0 bridgehead atoms. The van der Waals surface area contributed by atoms with Crippen molar-refractivity contribution in [2.75, 3.05) is 32.9 Å². The highest BCUT2D eigenvalue weighted by Crippen LogP contribution is 2.24. The van der Waals surface area contributed by atoms with Gasteiger partial charge in [-0.3, -0.25) is 0 Å². The minimum atomic E-state index is -0.355. The van der Waals surface area contributed by atoms with E-state index < -0.39 is 0 Å². The van der Waals surface area contributed by atoms with E-state index in [0.717, 1.165) is 32.7 Å². The maximum absolute atomic E-state index is 12.8. The second-order valence-corrected chi connectivity index (χ2v) is 4.76. The lowest BCUT2D eigenvalue weighted by Crippen LogP contribution is -2.27. The summed E-state index contributed by atoms with van der Waals surface area (Å²) in [6.07, 6.45) is 1.12. The SMILES string of the molecule is Fc1ccc(OCCNCC2CCOC2)c(Cl)c1. The van der Waals surface area contributed by atoms with Gasteiger partial charge in [0.1, 0.15) is 18.2 Å². The molecule has 100 valence electrons. The quantitative estimate of drug-likeness (QED) is 0.808. The van der Waals surface area contributed by atoms with Gasteiger partial charge < -0.3 is 14.8 Å². The third-order valence-corrected chi connectivity index (χ3v) is 3.18. The molecule has 0 radical (unpaired) electrons. The first-order valence-electron chi connectivity index (χ1n) is 6.12. The van der Waals surface area contributed by atoms with Crippen molar-refractivity contribution in [2.24, 2.45) is 5.92 Å².